The highest BCUT2D eigenvalue weighted by molar-refractivity contribution is 14.0. The van der Waals surface area contributed by atoms with E-state index in [1.807, 2.05) is 13.0 Å². The first-order valence-electron chi connectivity index (χ1n) is 9.04. The van der Waals surface area contributed by atoms with E-state index in [1.165, 1.54) is 12.1 Å². The molecule has 10 heteroatoms. The number of hydrogen-bond acceptors (Lipinski definition) is 6. The Hall–Kier alpha value is -2.21. The van der Waals surface area contributed by atoms with E-state index in [9.17, 15) is 10.1 Å². The quantitative estimate of drug-likeness (QED) is 0.214. The molecule has 0 aliphatic carbocycles. The number of guanidine groups is 1. The molecule has 2 aromatic rings. The lowest BCUT2D eigenvalue weighted by molar-refractivity contribution is -0.384. The largest absolute Gasteiger partial charge is 0.364 e. The maximum absolute atomic E-state index is 10.7. The Morgan fingerprint density at radius 1 is 1.25 bits per heavy atom. The molecule has 1 aliphatic heterocycles. The third-order valence-electron chi connectivity index (χ3n) is 4.44. The Kier molecular flexibility index (Phi) is 8.64. The molecule has 3 rings (SSSR count). The summed E-state index contributed by atoms with van der Waals surface area (Å²) in [5.41, 5.74) is 1.99. The molecule has 152 valence electrons. The molecule has 1 N–H and O–H groups in total. The maximum atomic E-state index is 10.7. The van der Waals surface area contributed by atoms with Crippen LogP contribution in [-0.2, 0) is 13.1 Å². The van der Waals surface area contributed by atoms with Gasteiger partial charge in [0.1, 0.15) is 6.26 Å². The van der Waals surface area contributed by atoms with Crippen molar-refractivity contribution in [2.45, 2.75) is 20.0 Å². The third-order valence-corrected chi connectivity index (χ3v) is 4.44. The molecule has 9 nitrogen and oxygen atoms in total. The van der Waals surface area contributed by atoms with E-state index < -0.39 is 4.92 Å². The van der Waals surface area contributed by atoms with Crippen molar-refractivity contribution in [1.29, 1.82) is 0 Å². The van der Waals surface area contributed by atoms with Gasteiger partial charge in [-0.05, 0) is 12.5 Å². The summed E-state index contributed by atoms with van der Waals surface area (Å²) >= 11 is 0. The minimum Gasteiger partial charge on any atom is -0.364 e. The number of aliphatic imine (C=N–C) groups is 1. The molecule has 1 aromatic heterocycles. The molecule has 1 fully saturated rings. The lowest BCUT2D eigenvalue weighted by atomic mass is 10.2. The molecular formula is C18H25IN6O3. The minimum atomic E-state index is -0.393. The van der Waals surface area contributed by atoms with Crippen molar-refractivity contribution in [1.82, 2.24) is 20.3 Å². The van der Waals surface area contributed by atoms with E-state index in [-0.39, 0.29) is 29.7 Å². The topological polar surface area (TPSA) is 100 Å². The number of non-ortho nitro benzene ring substituents is 1. The minimum absolute atomic E-state index is 0. The van der Waals surface area contributed by atoms with Crippen LogP contribution >= 0.6 is 24.0 Å². The fourth-order valence-corrected chi connectivity index (χ4v) is 2.98. The number of hydrogen-bond donors (Lipinski definition) is 1. The highest BCUT2D eigenvalue weighted by atomic mass is 127. The van der Waals surface area contributed by atoms with Gasteiger partial charge >= 0.3 is 0 Å². The lowest BCUT2D eigenvalue weighted by Crippen LogP contribution is -2.52. The van der Waals surface area contributed by atoms with Gasteiger partial charge in [0.15, 0.2) is 5.96 Å². The van der Waals surface area contributed by atoms with Crippen molar-refractivity contribution >= 4 is 35.6 Å². The van der Waals surface area contributed by atoms with Gasteiger partial charge in [-0.1, -0.05) is 17.3 Å². The number of nitrogens with zero attached hydrogens (tertiary/aromatic N) is 5. The predicted molar refractivity (Wildman–Crippen MR) is 117 cm³/mol. The first-order chi connectivity index (χ1) is 13.2. The zero-order chi connectivity index (χ0) is 19.1. The second-order valence-electron chi connectivity index (χ2n) is 6.35. The zero-order valence-corrected chi connectivity index (χ0v) is 18.1. The van der Waals surface area contributed by atoms with Gasteiger partial charge in [0.25, 0.3) is 5.69 Å². The molecule has 0 atom stereocenters. The highest BCUT2D eigenvalue weighted by Crippen LogP contribution is 2.13. The van der Waals surface area contributed by atoms with Crippen LogP contribution in [0.15, 0.2) is 46.1 Å². The molecule has 1 saturated heterocycles. The van der Waals surface area contributed by atoms with Crippen LogP contribution in [0.1, 0.15) is 18.2 Å². The molecule has 2 heterocycles. The van der Waals surface area contributed by atoms with Gasteiger partial charge in [0.2, 0.25) is 0 Å². The summed E-state index contributed by atoms with van der Waals surface area (Å²) in [6, 6.07) is 8.42. The van der Waals surface area contributed by atoms with E-state index in [4.69, 9.17) is 9.52 Å². The number of nitrogens with one attached hydrogen (secondary N) is 1. The van der Waals surface area contributed by atoms with Crippen molar-refractivity contribution in [2.24, 2.45) is 4.99 Å². The molecule has 28 heavy (non-hydrogen) atoms. The zero-order valence-electron chi connectivity index (χ0n) is 15.8. The van der Waals surface area contributed by atoms with Crippen LogP contribution in [0.25, 0.3) is 0 Å². The predicted octanol–water partition coefficient (Wildman–Crippen LogP) is 2.48. The first kappa shape index (κ1) is 22.1. The van der Waals surface area contributed by atoms with Gasteiger partial charge in [-0.2, -0.15) is 0 Å². The van der Waals surface area contributed by atoms with E-state index in [2.05, 4.69) is 20.3 Å². The molecule has 1 aromatic carbocycles. The second-order valence-corrected chi connectivity index (χ2v) is 6.35. The summed E-state index contributed by atoms with van der Waals surface area (Å²) in [6.07, 6.45) is 1.60. The van der Waals surface area contributed by atoms with Crippen LogP contribution in [0.3, 0.4) is 0 Å². The van der Waals surface area contributed by atoms with Crippen LogP contribution in [0.2, 0.25) is 0 Å². The van der Waals surface area contributed by atoms with E-state index in [1.54, 1.807) is 18.4 Å². The molecule has 0 unspecified atom stereocenters. The van der Waals surface area contributed by atoms with E-state index in [0.29, 0.717) is 6.54 Å². The molecular weight excluding hydrogens is 475 g/mol. The van der Waals surface area contributed by atoms with Crippen molar-refractivity contribution in [3.05, 3.63) is 58.0 Å². The smallest absolute Gasteiger partial charge is 0.269 e. The Morgan fingerprint density at radius 2 is 1.96 bits per heavy atom. The standard InChI is InChI=1S/C18H24N6O3.HI/c1-2-19-18(20-13-15-3-5-17(6-4-15)24(25)26)23-10-8-22(9-11-23)14-16-7-12-27-21-16;/h3-7,12H,2,8-11,13-14H2,1H3,(H,19,20);1H. The van der Waals surface area contributed by atoms with Gasteiger partial charge in [-0.3, -0.25) is 15.0 Å². The summed E-state index contributed by atoms with van der Waals surface area (Å²) in [5.74, 6) is 0.872. The lowest BCUT2D eigenvalue weighted by Gasteiger charge is -2.36. The van der Waals surface area contributed by atoms with Crippen LogP contribution in [0, 0.1) is 10.1 Å². The normalized spacial score (nSPS) is 15.2. The summed E-state index contributed by atoms with van der Waals surface area (Å²) in [4.78, 5) is 19.6. The fourth-order valence-electron chi connectivity index (χ4n) is 2.98. The summed E-state index contributed by atoms with van der Waals surface area (Å²) in [6.45, 7) is 7.72. The third kappa shape index (κ3) is 6.16. The summed E-state index contributed by atoms with van der Waals surface area (Å²) < 4.78 is 4.89. The second kappa shape index (κ2) is 11.0. The van der Waals surface area contributed by atoms with Crippen molar-refractivity contribution in [2.75, 3.05) is 32.7 Å². The van der Waals surface area contributed by atoms with Crippen LogP contribution in [0.5, 0.6) is 0 Å². The number of aromatic nitrogens is 1. The number of halogens is 1. The number of benzene rings is 1. The van der Waals surface area contributed by atoms with Gasteiger partial charge in [-0.15, -0.1) is 24.0 Å². The molecule has 0 amide bonds. The number of piperazine rings is 1. The molecule has 0 spiro atoms. The van der Waals surface area contributed by atoms with E-state index >= 15 is 0 Å². The van der Waals surface area contributed by atoms with Gasteiger partial charge in [0, 0.05) is 57.5 Å². The SMILES string of the molecule is CCNC(=NCc1ccc([N+](=O)[O-])cc1)N1CCN(Cc2ccon2)CC1.I. The van der Waals surface area contributed by atoms with Gasteiger partial charge in [-0.25, -0.2) is 4.99 Å². The molecule has 0 bridgehead atoms. The van der Waals surface area contributed by atoms with Gasteiger partial charge < -0.3 is 14.7 Å². The molecule has 0 saturated carbocycles. The van der Waals surface area contributed by atoms with Gasteiger partial charge in [0.05, 0.1) is 17.2 Å². The number of rotatable bonds is 6. The van der Waals surface area contributed by atoms with E-state index in [0.717, 1.165) is 56.5 Å². The average Bonchev–Trinajstić information content (AvgIpc) is 3.19. The summed E-state index contributed by atoms with van der Waals surface area (Å²) in [5, 5.41) is 18.0. The number of nitro benzene ring substituents is 1. The Bertz CT molecular complexity index is 758. The van der Waals surface area contributed by atoms with Crippen LogP contribution in [-0.4, -0.2) is 58.6 Å². The first-order valence-corrected chi connectivity index (χ1v) is 9.04. The Morgan fingerprint density at radius 3 is 2.54 bits per heavy atom. The van der Waals surface area contributed by atoms with Crippen molar-refractivity contribution in [3.63, 3.8) is 0 Å². The maximum Gasteiger partial charge on any atom is 0.269 e. The molecule has 0 radical (unpaired) electrons. The summed E-state index contributed by atoms with van der Waals surface area (Å²) in [7, 11) is 0. The van der Waals surface area contributed by atoms with Crippen molar-refractivity contribution in [3.8, 4) is 0 Å². The Labute approximate surface area is 180 Å². The number of nitro groups is 1. The fraction of sp³-hybridized carbons (Fsp3) is 0.444. The van der Waals surface area contributed by atoms with Crippen LogP contribution in [0.4, 0.5) is 5.69 Å². The van der Waals surface area contributed by atoms with Crippen LogP contribution < -0.4 is 5.32 Å². The monoisotopic (exact) mass is 500 g/mol. The highest BCUT2D eigenvalue weighted by Gasteiger charge is 2.20. The Balaban J connectivity index is 0.00000280. The average molecular weight is 500 g/mol. The van der Waals surface area contributed by atoms with Crippen molar-refractivity contribution < 1.29 is 9.45 Å². The molecule has 1 aliphatic rings.